The molecule has 0 saturated carbocycles. The Morgan fingerprint density at radius 1 is 1.24 bits per heavy atom. The molecule has 0 radical (unpaired) electrons. The van der Waals surface area contributed by atoms with E-state index in [9.17, 15) is 18.3 Å². The lowest BCUT2D eigenvalue weighted by Gasteiger charge is -2.34. The van der Waals surface area contributed by atoms with Gasteiger partial charge in [-0.15, -0.1) is 0 Å². The summed E-state index contributed by atoms with van der Waals surface area (Å²) in [7, 11) is -3.14. The Morgan fingerprint density at radius 2 is 1.90 bits per heavy atom. The van der Waals surface area contributed by atoms with E-state index < -0.39 is 22.0 Å². The van der Waals surface area contributed by atoms with Crippen LogP contribution in [0.5, 0.6) is 0 Å². The number of rotatable bonds is 2. The van der Waals surface area contributed by atoms with E-state index in [1.807, 2.05) is 12.1 Å². The summed E-state index contributed by atoms with van der Waals surface area (Å²) in [6.45, 7) is 2.10. The second-order valence-electron chi connectivity index (χ2n) is 5.31. The van der Waals surface area contributed by atoms with E-state index in [-0.39, 0.29) is 0 Å². The van der Waals surface area contributed by atoms with Crippen LogP contribution >= 0.6 is 0 Å². The van der Waals surface area contributed by atoms with Crippen molar-refractivity contribution >= 4 is 27.3 Å². The van der Waals surface area contributed by atoms with Crippen LogP contribution in [0, 0.1) is 0 Å². The van der Waals surface area contributed by atoms with Gasteiger partial charge in [-0.3, -0.25) is 4.79 Å². The largest absolute Gasteiger partial charge is 0.378 e. The Balaban J connectivity index is 1.76. The van der Waals surface area contributed by atoms with E-state index in [1.54, 1.807) is 6.07 Å². The number of fused-ring (bicyclic) bond motifs is 1. The van der Waals surface area contributed by atoms with E-state index in [1.165, 1.54) is 10.6 Å². The third kappa shape index (κ3) is 2.61. The first kappa shape index (κ1) is 14.3. The highest BCUT2D eigenvalue weighted by atomic mass is 32.2. The van der Waals surface area contributed by atoms with Crippen molar-refractivity contribution in [3.63, 3.8) is 0 Å². The smallest absolute Gasteiger partial charge is 0.257 e. The maximum atomic E-state index is 11.5. The Morgan fingerprint density at radius 3 is 2.52 bits per heavy atom. The first-order chi connectivity index (χ1) is 9.86. The van der Waals surface area contributed by atoms with Gasteiger partial charge in [0.15, 0.2) is 6.10 Å². The number of carbonyl (C=O) groups excluding carboxylic acids is 1. The van der Waals surface area contributed by atoms with Crippen molar-refractivity contribution in [2.45, 2.75) is 6.10 Å². The molecule has 1 unspecified atom stereocenters. The van der Waals surface area contributed by atoms with Gasteiger partial charge in [-0.05, 0) is 12.1 Å². The number of anilines is 2. The fourth-order valence-corrected chi connectivity index (χ4v) is 3.53. The van der Waals surface area contributed by atoms with Gasteiger partial charge in [0.05, 0.1) is 6.26 Å². The van der Waals surface area contributed by atoms with E-state index >= 15 is 0 Å². The normalized spacial score (nSPS) is 23.0. The average Bonchev–Trinajstić information content (AvgIpc) is 2.73. The number of amides is 1. The van der Waals surface area contributed by atoms with Crippen LogP contribution in [0.1, 0.15) is 11.7 Å². The molecule has 1 atom stereocenters. The minimum Gasteiger partial charge on any atom is -0.378 e. The molecule has 3 rings (SSSR count). The van der Waals surface area contributed by atoms with E-state index in [4.69, 9.17) is 0 Å². The second kappa shape index (κ2) is 4.97. The van der Waals surface area contributed by atoms with Crippen molar-refractivity contribution in [3.8, 4) is 0 Å². The molecule has 0 bridgehead atoms. The Hall–Kier alpha value is -1.64. The van der Waals surface area contributed by atoms with Crippen LogP contribution in [0.2, 0.25) is 0 Å². The molecule has 1 aromatic rings. The molecular formula is C13H17N3O4S. The first-order valence-electron chi connectivity index (χ1n) is 6.69. The van der Waals surface area contributed by atoms with Gasteiger partial charge in [0.2, 0.25) is 10.0 Å². The third-order valence-electron chi connectivity index (χ3n) is 3.91. The zero-order valence-corrected chi connectivity index (χ0v) is 12.4. The van der Waals surface area contributed by atoms with Crippen molar-refractivity contribution in [2.24, 2.45) is 0 Å². The topological polar surface area (TPSA) is 90.0 Å². The summed E-state index contributed by atoms with van der Waals surface area (Å²) < 4.78 is 24.4. The molecule has 2 heterocycles. The fraction of sp³-hybridized carbons (Fsp3) is 0.462. The molecule has 0 spiro atoms. The monoisotopic (exact) mass is 311 g/mol. The number of sulfonamides is 1. The highest BCUT2D eigenvalue weighted by Gasteiger charge is 2.29. The lowest BCUT2D eigenvalue weighted by Crippen LogP contribution is -2.48. The van der Waals surface area contributed by atoms with Crippen molar-refractivity contribution in [3.05, 3.63) is 23.8 Å². The zero-order valence-electron chi connectivity index (χ0n) is 11.6. The van der Waals surface area contributed by atoms with E-state index in [2.05, 4.69) is 10.2 Å². The first-order valence-corrected chi connectivity index (χ1v) is 8.54. The lowest BCUT2D eigenvalue weighted by atomic mass is 10.1. The molecule has 1 aromatic carbocycles. The van der Waals surface area contributed by atoms with Gasteiger partial charge in [0, 0.05) is 43.1 Å². The molecule has 7 nitrogen and oxygen atoms in total. The van der Waals surface area contributed by atoms with Crippen LogP contribution in [0.15, 0.2) is 18.2 Å². The molecule has 1 fully saturated rings. The summed E-state index contributed by atoms with van der Waals surface area (Å²) in [4.78, 5) is 13.5. The molecule has 2 aliphatic rings. The SMILES string of the molecule is CS(=O)(=O)N1CCN(c2ccc3c(c2)NC(=O)C3O)CC1. The van der Waals surface area contributed by atoms with Crippen LogP contribution in [-0.4, -0.2) is 56.2 Å². The zero-order chi connectivity index (χ0) is 15.2. The van der Waals surface area contributed by atoms with Crippen molar-refractivity contribution in [1.82, 2.24) is 4.31 Å². The fourth-order valence-electron chi connectivity index (χ4n) is 2.71. The predicted molar refractivity (Wildman–Crippen MR) is 78.7 cm³/mol. The number of aliphatic hydroxyl groups is 1. The van der Waals surface area contributed by atoms with Gasteiger partial charge < -0.3 is 15.3 Å². The van der Waals surface area contributed by atoms with Crippen LogP contribution in [-0.2, 0) is 14.8 Å². The maximum absolute atomic E-state index is 11.5. The van der Waals surface area contributed by atoms with Gasteiger partial charge in [0.25, 0.3) is 5.91 Å². The molecule has 2 N–H and O–H groups in total. The molecular weight excluding hydrogens is 294 g/mol. The molecule has 0 aliphatic carbocycles. The number of benzene rings is 1. The number of piperazine rings is 1. The van der Waals surface area contributed by atoms with Crippen LogP contribution in [0.3, 0.4) is 0 Å². The molecule has 114 valence electrons. The minimum atomic E-state index is -3.14. The predicted octanol–water partition coefficient (Wildman–Crippen LogP) is -0.246. The van der Waals surface area contributed by atoms with Crippen LogP contribution < -0.4 is 10.2 Å². The summed E-state index contributed by atoms with van der Waals surface area (Å²) in [5, 5.41) is 12.3. The Bertz CT molecular complexity index is 681. The van der Waals surface area contributed by atoms with Crippen molar-refractivity contribution < 1.29 is 18.3 Å². The van der Waals surface area contributed by atoms with E-state index in [0.29, 0.717) is 37.4 Å². The quantitative estimate of drug-likeness (QED) is 0.786. The third-order valence-corrected chi connectivity index (χ3v) is 5.21. The molecule has 2 aliphatic heterocycles. The number of nitrogens with one attached hydrogen (secondary N) is 1. The number of nitrogens with zero attached hydrogens (tertiary/aromatic N) is 2. The second-order valence-corrected chi connectivity index (χ2v) is 7.29. The number of aliphatic hydroxyl groups excluding tert-OH is 1. The van der Waals surface area contributed by atoms with Gasteiger partial charge in [-0.2, -0.15) is 4.31 Å². The van der Waals surface area contributed by atoms with Gasteiger partial charge >= 0.3 is 0 Å². The summed E-state index contributed by atoms with van der Waals surface area (Å²) >= 11 is 0. The van der Waals surface area contributed by atoms with Gasteiger partial charge in [-0.1, -0.05) is 6.07 Å². The van der Waals surface area contributed by atoms with Crippen LogP contribution in [0.25, 0.3) is 0 Å². The summed E-state index contributed by atoms with van der Waals surface area (Å²) in [5.74, 6) is -0.413. The number of hydrogen-bond acceptors (Lipinski definition) is 5. The van der Waals surface area contributed by atoms with Crippen LogP contribution in [0.4, 0.5) is 11.4 Å². The van der Waals surface area contributed by atoms with Gasteiger partial charge in [0.1, 0.15) is 0 Å². The highest BCUT2D eigenvalue weighted by Crippen LogP contribution is 2.34. The van der Waals surface area contributed by atoms with Crippen molar-refractivity contribution in [2.75, 3.05) is 42.7 Å². The van der Waals surface area contributed by atoms with Gasteiger partial charge in [-0.25, -0.2) is 8.42 Å². The maximum Gasteiger partial charge on any atom is 0.257 e. The molecule has 0 aromatic heterocycles. The summed E-state index contributed by atoms with van der Waals surface area (Å²) in [6.07, 6.45) is 0.116. The van der Waals surface area contributed by atoms with Crippen molar-refractivity contribution in [1.29, 1.82) is 0 Å². The molecule has 1 saturated heterocycles. The molecule has 8 heteroatoms. The average molecular weight is 311 g/mol. The Kier molecular flexibility index (Phi) is 3.39. The van der Waals surface area contributed by atoms with E-state index in [0.717, 1.165) is 5.69 Å². The molecule has 1 amide bonds. The lowest BCUT2D eigenvalue weighted by molar-refractivity contribution is -0.123. The highest BCUT2D eigenvalue weighted by molar-refractivity contribution is 7.88. The summed E-state index contributed by atoms with van der Waals surface area (Å²) in [5.41, 5.74) is 2.12. The standard InChI is InChI=1S/C13H17N3O4S/c1-21(19,20)16-6-4-15(5-7-16)9-2-3-10-11(8-9)14-13(18)12(10)17/h2-3,8,12,17H,4-7H2,1H3,(H,14,18). The Labute approximate surface area is 123 Å². The number of hydrogen-bond donors (Lipinski definition) is 2. The minimum absolute atomic E-state index is 0.413. The summed E-state index contributed by atoms with van der Waals surface area (Å²) in [6, 6.07) is 5.40. The molecule has 21 heavy (non-hydrogen) atoms. The number of carbonyl (C=O) groups is 1.